The highest BCUT2D eigenvalue weighted by atomic mass is 35.5. The lowest BCUT2D eigenvalue weighted by Gasteiger charge is -2.17. The van der Waals surface area contributed by atoms with Gasteiger partial charge in [-0.3, -0.25) is 4.79 Å². The fourth-order valence-corrected chi connectivity index (χ4v) is 4.64. The first-order valence-corrected chi connectivity index (χ1v) is 13.2. The van der Waals surface area contributed by atoms with Crippen LogP contribution in [-0.4, -0.2) is 27.3 Å². The summed E-state index contributed by atoms with van der Waals surface area (Å²) >= 11 is 7.48. The van der Waals surface area contributed by atoms with E-state index in [0.717, 1.165) is 31.2 Å². The van der Waals surface area contributed by atoms with E-state index in [9.17, 15) is 10.1 Å². The number of unbranched alkanes of at least 4 members (excludes halogenated alkanes) is 3. The number of fused-ring (bicyclic) bond motifs is 1. The molecular formula is C27H26ClN5OS. The second-order valence-electron chi connectivity index (χ2n) is 8.09. The molecule has 0 fully saturated rings. The third-order valence-electron chi connectivity index (χ3n) is 5.73. The summed E-state index contributed by atoms with van der Waals surface area (Å²) in [5.41, 5.74) is 2.32. The molecule has 0 saturated carbocycles. The van der Waals surface area contributed by atoms with Crippen LogP contribution < -0.4 is 10.9 Å². The highest BCUT2D eigenvalue weighted by Crippen LogP contribution is 2.32. The summed E-state index contributed by atoms with van der Waals surface area (Å²) in [5.74, 6) is 0.398. The number of halogens is 1. The van der Waals surface area contributed by atoms with Crippen LogP contribution in [-0.2, 0) is 0 Å². The van der Waals surface area contributed by atoms with Crippen molar-refractivity contribution in [1.29, 1.82) is 5.26 Å². The lowest BCUT2D eigenvalue weighted by atomic mass is 10.1. The second-order valence-corrected chi connectivity index (χ2v) is 9.32. The molecule has 4 aromatic rings. The van der Waals surface area contributed by atoms with E-state index in [2.05, 4.69) is 18.3 Å². The van der Waals surface area contributed by atoms with Crippen LogP contribution in [0.4, 0.5) is 5.95 Å². The van der Waals surface area contributed by atoms with Crippen LogP contribution in [0.1, 0.15) is 38.2 Å². The highest BCUT2D eigenvalue weighted by Gasteiger charge is 2.22. The van der Waals surface area contributed by atoms with Crippen LogP contribution in [0.5, 0.6) is 0 Å². The molecule has 4 rings (SSSR count). The molecule has 0 spiro atoms. The van der Waals surface area contributed by atoms with Crippen LogP contribution in [0.3, 0.4) is 0 Å². The molecule has 0 aliphatic heterocycles. The van der Waals surface area contributed by atoms with E-state index in [1.807, 2.05) is 36.6 Å². The standard InChI is InChI=1S/C27H26ClN5OS/c1-3-4-5-9-16-30-27-32-24-21(17-29)25(35-2)31-23(18-10-7-6-8-11-18)22(24)26(34)33(27)20-14-12-19(28)13-15-20/h6-8,10-15H,3-5,9,16H2,1-2H3,(H,30,32). The molecule has 0 amide bonds. The van der Waals surface area contributed by atoms with E-state index in [-0.39, 0.29) is 5.56 Å². The number of nitriles is 1. The molecule has 6 nitrogen and oxygen atoms in total. The zero-order valence-corrected chi connectivity index (χ0v) is 21.3. The highest BCUT2D eigenvalue weighted by molar-refractivity contribution is 7.98. The summed E-state index contributed by atoms with van der Waals surface area (Å²) in [4.78, 5) is 23.7. The van der Waals surface area contributed by atoms with Gasteiger partial charge in [0, 0.05) is 17.1 Å². The predicted molar refractivity (Wildman–Crippen MR) is 145 cm³/mol. The third-order valence-corrected chi connectivity index (χ3v) is 6.67. The van der Waals surface area contributed by atoms with Crippen LogP contribution in [0.15, 0.2) is 64.4 Å². The van der Waals surface area contributed by atoms with Gasteiger partial charge in [0.05, 0.1) is 16.8 Å². The van der Waals surface area contributed by atoms with Crippen molar-refractivity contribution >= 4 is 40.2 Å². The normalized spacial score (nSPS) is 10.9. The third kappa shape index (κ3) is 5.19. The molecule has 2 aromatic carbocycles. The van der Waals surface area contributed by atoms with Crippen molar-refractivity contribution in [3.05, 3.63) is 75.5 Å². The van der Waals surface area contributed by atoms with Crippen molar-refractivity contribution in [3.8, 4) is 23.0 Å². The van der Waals surface area contributed by atoms with E-state index in [4.69, 9.17) is 21.6 Å². The molecule has 0 atom stereocenters. The van der Waals surface area contributed by atoms with Crippen molar-refractivity contribution in [2.45, 2.75) is 37.6 Å². The summed E-state index contributed by atoms with van der Waals surface area (Å²) in [6, 6.07) is 18.8. The second kappa shape index (κ2) is 11.4. The minimum absolute atomic E-state index is 0.288. The maximum Gasteiger partial charge on any atom is 0.269 e. The Kier molecular flexibility index (Phi) is 8.06. The smallest absolute Gasteiger partial charge is 0.269 e. The molecule has 35 heavy (non-hydrogen) atoms. The number of nitrogens with one attached hydrogen (secondary N) is 1. The molecule has 0 bridgehead atoms. The van der Waals surface area contributed by atoms with Gasteiger partial charge in [-0.2, -0.15) is 5.26 Å². The van der Waals surface area contributed by atoms with Gasteiger partial charge in [-0.05, 0) is 36.9 Å². The van der Waals surface area contributed by atoms with Gasteiger partial charge >= 0.3 is 0 Å². The lowest BCUT2D eigenvalue weighted by Crippen LogP contribution is -2.25. The molecule has 2 aromatic heterocycles. The summed E-state index contributed by atoms with van der Waals surface area (Å²) in [5, 5.41) is 14.8. The van der Waals surface area contributed by atoms with Gasteiger partial charge in [-0.25, -0.2) is 14.5 Å². The zero-order chi connectivity index (χ0) is 24.8. The van der Waals surface area contributed by atoms with E-state index < -0.39 is 0 Å². The van der Waals surface area contributed by atoms with Crippen molar-refractivity contribution in [1.82, 2.24) is 14.5 Å². The Bertz CT molecular complexity index is 1430. The number of aromatic nitrogens is 3. The van der Waals surface area contributed by atoms with Gasteiger partial charge in [-0.15, -0.1) is 11.8 Å². The summed E-state index contributed by atoms with van der Waals surface area (Å²) < 4.78 is 1.55. The van der Waals surface area contributed by atoms with E-state index in [0.29, 0.717) is 50.4 Å². The quantitative estimate of drug-likeness (QED) is 0.202. The SMILES string of the molecule is CCCCCCNc1nc2c(C#N)c(SC)nc(-c3ccccc3)c2c(=O)n1-c1ccc(Cl)cc1. The number of pyridine rings is 1. The van der Waals surface area contributed by atoms with Gasteiger partial charge < -0.3 is 5.32 Å². The summed E-state index contributed by atoms with van der Waals surface area (Å²) in [7, 11) is 0. The van der Waals surface area contributed by atoms with Crippen LogP contribution >= 0.6 is 23.4 Å². The Hall–Kier alpha value is -3.34. The molecule has 0 aliphatic carbocycles. The molecule has 2 heterocycles. The van der Waals surface area contributed by atoms with Crippen molar-refractivity contribution in [2.24, 2.45) is 0 Å². The fourth-order valence-electron chi connectivity index (χ4n) is 3.98. The van der Waals surface area contributed by atoms with Gasteiger partial charge in [0.15, 0.2) is 0 Å². The summed E-state index contributed by atoms with van der Waals surface area (Å²) in [6.45, 7) is 2.83. The first-order valence-electron chi connectivity index (χ1n) is 11.6. The first-order chi connectivity index (χ1) is 17.1. The number of anilines is 1. The number of rotatable bonds is 9. The van der Waals surface area contributed by atoms with Crippen LogP contribution in [0.25, 0.3) is 27.8 Å². The Labute approximate surface area is 214 Å². The number of hydrogen-bond donors (Lipinski definition) is 1. The van der Waals surface area contributed by atoms with Crippen LogP contribution in [0.2, 0.25) is 5.02 Å². The Morgan fingerprint density at radius 1 is 1.06 bits per heavy atom. The van der Waals surface area contributed by atoms with Crippen molar-refractivity contribution in [2.75, 3.05) is 18.1 Å². The summed E-state index contributed by atoms with van der Waals surface area (Å²) in [6.07, 6.45) is 6.20. The topological polar surface area (TPSA) is 83.6 Å². The van der Waals surface area contributed by atoms with Gasteiger partial charge in [0.25, 0.3) is 5.56 Å². The zero-order valence-electron chi connectivity index (χ0n) is 19.7. The van der Waals surface area contributed by atoms with Crippen molar-refractivity contribution < 1.29 is 0 Å². The number of hydrogen-bond acceptors (Lipinski definition) is 6. The average Bonchev–Trinajstić information content (AvgIpc) is 2.89. The Morgan fingerprint density at radius 2 is 1.80 bits per heavy atom. The monoisotopic (exact) mass is 503 g/mol. The molecule has 0 saturated heterocycles. The van der Waals surface area contributed by atoms with Gasteiger partial charge in [0.2, 0.25) is 5.95 Å². The molecule has 1 N–H and O–H groups in total. The minimum Gasteiger partial charge on any atom is -0.355 e. The predicted octanol–water partition coefficient (Wildman–Crippen LogP) is 6.69. The Balaban J connectivity index is 2.02. The number of benzene rings is 2. The molecule has 178 valence electrons. The molecule has 8 heteroatoms. The van der Waals surface area contributed by atoms with E-state index >= 15 is 0 Å². The molecular weight excluding hydrogens is 478 g/mol. The molecule has 0 aliphatic rings. The number of thioether (sulfide) groups is 1. The van der Waals surface area contributed by atoms with Crippen LogP contribution in [0, 0.1) is 11.3 Å². The minimum atomic E-state index is -0.288. The van der Waals surface area contributed by atoms with E-state index in [1.165, 1.54) is 11.8 Å². The first kappa shape index (κ1) is 24.8. The van der Waals surface area contributed by atoms with Gasteiger partial charge in [-0.1, -0.05) is 68.1 Å². The lowest BCUT2D eigenvalue weighted by molar-refractivity contribution is 0.682. The molecule has 0 unspecified atom stereocenters. The maximum absolute atomic E-state index is 14.1. The van der Waals surface area contributed by atoms with Crippen molar-refractivity contribution in [3.63, 3.8) is 0 Å². The fraction of sp³-hybridized carbons (Fsp3) is 0.259. The largest absolute Gasteiger partial charge is 0.355 e. The van der Waals surface area contributed by atoms with E-state index in [1.54, 1.807) is 28.8 Å². The van der Waals surface area contributed by atoms with Gasteiger partial charge in [0.1, 0.15) is 22.2 Å². The maximum atomic E-state index is 14.1. The Morgan fingerprint density at radius 3 is 2.46 bits per heavy atom. The average molecular weight is 504 g/mol. The molecule has 0 radical (unpaired) electrons. The number of nitrogens with zero attached hydrogens (tertiary/aromatic N) is 4.